The van der Waals surface area contributed by atoms with Gasteiger partial charge < -0.3 is 14.4 Å². The summed E-state index contributed by atoms with van der Waals surface area (Å²) in [6.07, 6.45) is 3.23. The van der Waals surface area contributed by atoms with Crippen molar-refractivity contribution in [3.05, 3.63) is 77.9 Å². The second-order valence-electron chi connectivity index (χ2n) is 7.24. The van der Waals surface area contributed by atoms with Gasteiger partial charge in [-0.15, -0.1) is 0 Å². The van der Waals surface area contributed by atoms with E-state index >= 15 is 0 Å². The van der Waals surface area contributed by atoms with Crippen LogP contribution in [0.4, 0.5) is 4.79 Å². The summed E-state index contributed by atoms with van der Waals surface area (Å²) < 4.78 is 10.6. The van der Waals surface area contributed by atoms with E-state index in [0.717, 1.165) is 18.4 Å². The fourth-order valence-electron chi connectivity index (χ4n) is 4.27. The van der Waals surface area contributed by atoms with Gasteiger partial charge in [0.2, 0.25) is 0 Å². The van der Waals surface area contributed by atoms with Crippen LogP contribution < -0.4 is 4.74 Å². The molecule has 5 nitrogen and oxygen atoms in total. The van der Waals surface area contributed by atoms with Crippen molar-refractivity contribution in [3.63, 3.8) is 0 Å². The van der Waals surface area contributed by atoms with Crippen LogP contribution in [0.15, 0.2) is 72.3 Å². The lowest BCUT2D eigenvalue weighted by atomic mass is 9.82. The number of rotatable bonds is 3. The molecule has 0 N–H and O–H groups in total. The van der Waals surface area contributed by atoms with Gasteiger partial charge in [0.15, 0.2) is 0 Å². The quantitative estimate of drug-likeness (QED) is 0.754. The third-order valence-electron chi connectivity index (χ3n) is 5.63. The molecule has 3 atom stereocenters. The Morgan fingerprint density at radius 3 is 2.32 bits per heavy atom. The Labute approximate surface area is 164 Å². The van der Waals surface area contributed by atoms with Crippen LogP contribution in [0.3, 0.4) is 0 Å². The fourth-order valence-corrected chi connectivity index (χ4v) is 4.27. The number of hydrogen-bond donors (Lipinski definition) is 0. The van der Waals surface area contributed by atoms with Crippen LogP contribution in [-0.2, 0) is 9.53 Å². The number of methoxy groups -OCH3 is 1. The van der Waals surface area contributed by atoms with E-state index in [9.17, 15) is 9.59 Å². The smallest absolute Gasteiger partial charge is 0.415 e. The van der Waals surface area contributed by atoms with Crippen LogP contribution in [0, 0.1) is 5.92 Å². The van der Waals surface area contributed by atoms with E-state index in [1.165, 1.54) is 7.11 Å². The number of fused-ring (bicyclic) bond motifs is 3. The molecule has 0 radical (unpaired) electrons. The largest absolute Gasteiger partial charge is 0.466 e. The zero-order chi connectivity index (χ0) is 19.5. The van der Waals surface area contributed by atoms with Crippen molar-refractivity contribution in [3.8, 4) is 5.75 Å². The van der Waals surface area contributed by atoms with Crippen LogP contribution in [0.25, 0.3) is 0 Å². The summed E-state index contributed by atoms with van der Waals surface area (Å²) in [4.78, 5) is 27.2. The molecule has 2 bridgehead atoms. The molecule has 2 aromatic rings. The van der Waals surface area contributed by atoms with Crippen LogP contribution >= 0.6 is 0 Å². The Hall–Kier alpha value is -3.08. The molecule has 1 saturated heterocycles. The predicted molar refractivity (Wildman–Crippen MR) is 105 cm³/mol. The number of hydrogen-bond acceptors (Lipinski definition) is 4. The average molecular weight is 377 g/mol. The highest BCUT2D eigenvalue weighted by Crippen LogP contribution is 2.42. The molecule has 1 fully saturated rings. The number of esters is 1. The summed E-state index contributed by atoms with van der Waals surface area (Å²) in [7, 11) is 1.38. The summed E-state index contributed by atoms with van der Waals surface area (Å²) in [5.74, 6) is 0.403. The maximum atomic E-state index is 12.9. The number of nitrogens with zero attached hydrogens (tertiary/aromatic N) is 1. The van der Waals surface area contributed by atoms with E-state index < -0.39 is 6.09 Å². The molecule has 1 amide bonds. The summed E-state index contributed by atoms with van der Waals surface area (Å²) >= 11 is 0. The van der Waals surface area contributed by atoms with Crippen LogP contribution in [0.1, 0.15) is 24.3 Å². The van der Waals surface area contributed by atoms with E-state index in [0.29, 0.717) is 17.9 Å². The Morgan fingerprint density at radius 2 is 1.64 bits per heavy atom. The van der Waals surface area contributed by atoms with Gasteiger partial charge in [-0.3, -0.25) is 0 Å². The maximum absolute atomic E-state index is 12.9. The molecule has 0 spiro atoms. The summed E-state index contributed by atoms with van der Waals surface area (Å²) in [6, 6.07) is 18.8. The maximum Gasteiger partial charge on any atom is 0.415 e. The van der Waals surface area contributed by atoms with Gasteiger partial charge in [-0.05, 0) is 36.5 Å². The molecule has 2 heterocycles. The first-order chi connectivity index (χ1) is 13.7. The third kappa shape index (κ3) is 3.52. The summed E-state index contributed by atoms with van der Waals surface area (Å²) in [5.41, 5.74) is 1.69. The molecule has 2 aromatic carbocycles. The van der Waals surface area contributed by atoms with E-state index in [1.807, 2.05) is 42.5 Å². The molecule has 144 valence electrons. The van der Waals surface area contributed by atoms with Gasteiger partial charge in [-0.25, -0.2) is 9.59 Å². The Bertz CT molecular complexity index is 878. The van der Waals surface area contributed by atoms with Crippen LogP contribution in [0.2, 0.25) is 0 Å². The van der Waals surface area contributed by atoms with E-state index in [1.54, 1.807) is 17.0 Å². The first-order valence-corrected chi connectivity index (χ1v) is 9.56. The molecule has 0 saturated carbocycles. The number of para-hydroxylation sites is 1. The molecule has 28 heavy (non-hydrogen) atoms. The average Bonchev–Trinajstić information content (AvgIpc) is 3.03. The monoisotopic (exact) mass is 377 g/mol. The molecule has 5 rings (SSSR count). The lowest BCUT2D eigenvalue weighted by Gasteiger charge is -2.38. The zero-order valence-corrected chi connectivity index (χ0v) is 15.8. The third-order valence-corrected chi connectivity index (χ3v) is 5.63. The normalized spacial score (nSPS) is 23.5. The zero-order valence-electron chi connectivity index (χ0n) is 15.8. The molecule has 0 unspecified atom stereocenters. The van der Waals surface area contributed by atoms with Gasteiger partial charge in [-0.2, -0.15) is 0 Å². The topological polar surface area (TPSA) is 55.8 Å². The molecule has 3 aliphatic rings. The van der Waals surface area contributed by atoms with Gasteiger partial charge in [-0.1, -0.05) is 54.6 Å². The Kier molecular flexibility index (Phi) is 5.15. The predicted octanol–water partition coefficient (Wildman–Crippen LogP) is 4.16. The van der Waals surface area contributed by atoms with E-state index in [-0.39, 0.29) is 23.8 Å². The number of ether oxygens (including phenoxy) is 2. The van der Waals surface area contributed by atoms with Crippen molar-refractivity contribution >= 4 is 12.1 Å². The highest BCUT2D eigenvalue weighted by atomic mass is 16.6. The van der Waals surface area contributed by atoms with Crippen molar-refractivity contribution < 1.29 is 19.1 Å². The minimum atomic E-state index is -0.426. The summed E-state index contributed by atoms with van der Waals surface area (Å²) in [6.45, 7) is 0.549. The lowest BCUT2D eigenvalue weighted by molar-refractivity contribution is -0.136. The fraction of sp³-hybridized carbons (Fsp3) is 0.304. The lowest BCUT2D eigenvalue weighted by Crippen LogP contribution is -2.49. The van der Waals surface area contributed by atoms with Gasteiger partial charge in [0, 0.05) is 12.5 Å². The SMILES string of the molecule is COC(=O)C1=C[C@H](c2ccccc2)[C@@H]2CC[C@H]1N(C(=O)Oc1ccccc1)C2. The molecule has 0 aromatic heterocycles. The van der Waals surface area contributed by atoms with Gasteiger partial charge in [0.25, 0.3) is 0 Å². The molecular weight excluding hydrogens is 354 g/mol. The summed E-state index contributed by atoms with van der Waals surface area (Å²) in [5, 5.41) is 0. The number of carbonyl (C=O) groups is 2. The first-order valence-electron chi connectivity index (χ1n) is 9.56. The highest BCUT2D eigenvalue weighted by Gasteiger charge is 2.43. The van der Waals surface area contributed by atoms with Crippen LogP contribution in [0.5, 0.6) is 5.75 Å². The standard InChI is InChI=1S/C23H23NO4/c1-27-22(25)20-14-19(16-8-4-2-5-9-16)17-12-13-21(20)24(15-17)23(26)28-18-10-6-3-7-11-18/h2-11,14,17,19,21H,12-13,15H2,1H3/t17-,19-,21-/m1/s1. The molecule has 2 aliphatic heterocycles. The minimum Gasteiger partial charge on any atom is -0.466 e. The number of amides is 1. The minimum absolute atomic E-state index is 0.0647. The number of allylic oxidation sites excluding steroid dienone is 1. The number of carbonyl (C=O) groups excluding carboxylic acids is 2. The van der Waals surface area contributed by atoms with Gasteiger partial charge in [0.05, 0.1) is 18.7 Å². The first kappa shape index (κ1) is 18.3. The van der Waals surface area contributed by atoms with Gasteiger partial charge >= 0.3 is 12.1 Å². The molecule has 5 heteroatoms. The second-order valence-corrected chi connectivity index (χ2v) is 7.24. The number of piperidine rings is 1. The van der Waals surface area contributed by atoms with E-state index in [4.69, 9.17) is 9.47 Å². The van der Waals surface area contributed by atoms with Crippen molar-refractivity contribution in [2.45, 2.75) is 24.8 Å². The molecular formula is C23H23NO4. The second kappa shape index (κ2) is 7.89. The number of benzene rings is 2. The van der Waals surface area contributed by atoms with Crippen LogP contribution in [-0.4, -0.2) is 36.7 Å². The Balaban J connectivity index is 1.66. The highest BCUT2D eigenvalue weighted by molar-refractivity contribution is 5.91. The molecule has 1 aliphatic carbocycles. The van der Waals surface area contributed by atoms with Crippen molar-refractivity contribution in [1.82, 2.24) is 4.90 Å². The van der Waals surface area contributed by atoms with Crippen molar-refractivity contribution in [2.24, 2.45) is 5.92 Å². The van der Waals surface area contributed by atoms with E-state index in [2.05, 4.69) is 12.1 Å². The van der Waals surface area contributed by atoms with Gasteiger partial charge in [0.1, 0.15) is 5.75 Å². The van der Waals surface area contributed by atoms with Crippen molar-refractivity contribution in [1.29, 1.82) is 0 Å². The van der Waals surface area contributed by atoms with Crippen molar-refractivity contribution in [2.75, 3.05) is 13.7 Å². The Morgan fingerprint density at radius 1 is 0.964 bits per heavy atom.